The molecule has 0 aromatic heterocycles. The number of nitro groups is 1. The molecule has 0 saturated heterocycles. The molecule has 4 rings (SSSR count). The van der Waals surface area contributed by atoms with Crippen molar-refractivity contribution in [3.05, 3.63) is 105 Å². The number of benzene rings is 3. The Balaban J connectivity index is 1.52. The molecule has 0 atom stereocenters. The number of carbonyl (C=O) groups excluding carboxylic acids is 4. The van der Waals surface area contributed by atoms with Crippen LogP contribution in [0, 0.1) is 15.9 Å². The van der Waals surface area contributed by atoms with Crippen molar-refractivity contribution in [1.29, 1.82) is 0 Å². The lowest BCUT2D eigenvalue weighted by Crippen LogP contribution is -2.29. The van der Waals surface area contributed by atoms with Crippen molar-refractivity contribution in [2.24, 2.45) is 0 Å². The number of ether oxygens (including phenoxy) is 1. The number of amides is 2. The predicted octanol–water partition coefficient (Wildman–Crippen LogP) is 3.57. The number of rotatable bonds is 6. The highest BCUT2D eigenvalue weighted by Crippen LogP contribution is 2.31. The Labute approximate surface area is 185 Å². The Hall–Kier alpha value is -4.73. The highest BCUT2D eigenvalue weighted by molar-refractivity contribution is 6.34. The number of nitrogens with zero attached hydrogens (tertiary/aromatic N) is 2. The van der Waals surface area contributed by atoms with Crippen molar-refractivity contribution in [3.63, 3.8) is 0 Å². The fourth-order valence-corrected chi connectivity index (χ4v) is 3.28. The molecule has 9 nitrogen and oxygen atoms in total. The van der Waals surface area contributed by atoms with Crippen LogP contribution in [-0.4, -0.2) is 35.1 Å². The minimum atomic E-state index is -0.901. The average Bonchev–Trinajstić information content (AvgIpc) is 3.07. The fraction of sp³-hybridized carbons (Fsp3) is 0.0435. The van der Waals surface area contributed by atoms with Gasteiger partial charge in [0, 0.05) is 17.7 Å². The molecule has 0 aliphatic carbocycles. The van der Waals surface area contributed by atoms with Crippen LogP contribution < -0.4 is 4.90 Å². The lowest BCUT2D eigenvalue weighted by Gasteiger charge is -2.13. The predicted molar refractivity (Wildman–Crippen MR) is 112 cm³/mol. The third kappa shape index (κ3) is 4.09. The van der Waals surface area contributed by atoms with Crippen molar-refractivity contribution in [3.8, 4) is 0 Å². The maximum Gasteiger partial charge on any atom is 0.338 e. The average molecular weight is 448 g/mol. The molecule has 1 heterocycles. The summed E-state index contributed by atoms with van der Waals surface area (Å²) in [4.78, 5) is 61.2. The minimum absolute atomic E-state index is 0.0180. The molecule has 0 N–H and O–H groups in total. The first-order valence-corrected chi connectivity index (χ1v) is 9.49. The molecule has 3 aromatic rings. The molecule has 10 heteroatoms. The number of hydrogen-bond donors (Lipinski definition) is 0. The van der Waals surface area contributed by atoms with E-state index in [9.17, 15) is 33.7 Å². The molecule has 0 radical (unpaired) electrons. The van der Waals surface area contributed by atoms with E-state index in [1.165, 1.54) is 42.5 Å². The van der Waals surface area contributed by atoms with Gasteiger partial charge >= 0.3 is 5.97 Å². The van der Waals surface area contributed by atoms with Gasteiger partial charge in [0.05, 0.1) is 27.3 Å². The van der Waals surface area contributed by atoms with E-state index in [2.05, 4.69) is 0 Å². The summed E-state index contributed by atoms with van der Waals surface area (Å²) in [5, 5.41) is 11.0. The number of fused-ring (bicyclic) bond motifs is 1. The topological polar surface area (TPSA) is 124 Å². The van der Waals surface area contributed by atoms with Crippen molar-refractivity contribution >= 4 is 34.9 Å². The van der Waals surface area contributed by atoms with Gasteiger partial charge in [0.1, 0.15) is 5.82 Å². The standard InChI is InChI=1S/C23H13FN2O7/c24-15-7-4-13(5-8-15)20(27)12-33-23(30)14-6-9-18-19(10-14)22(29)25(21(18)28)16-2-1-3-17(11-16)26(31)32/h1-11H,12H2. The molecule has 0 unspecified atom stereocenters. The van der Waals surface area contributed by atoms with E-state index < -0.39 is 40.9 Å². The highest BCUT2D eigenvalue weighted by Gasteiger charge is 2.37. The van der Waals surface area contributed by atoms with Crippen LogP contribution in [0.3, 0.4) is 0 Å². The first-order chi connectivity index (χ1) is 15.8. The zero-order valence-electron chi connectivity index (χ0n) is 16.7. The zero-order valence-corrected chi connectivity index (χ0v) is 16.7. The van der Waals surface area contributed by atoms with Crippen LogP contribution in [0.25, 0.3) is 0 Å². The van der Waals surface area contributed by atoms with Crippen LogP contribution in [0.15, 0.2) is 66.7 Å². The summed E-state index contributed by atoms with van der Waals surface area (Å²) in [6, 6.07) is 13.5. The minimum Gasteiger partial charge on any atom is -0.454 e. The third-order valence-corrected chi connectivity index (χ3v) is 4.92. The summed E-state index contributed by atoms with van der Waals surface area (Å²) >= 11 is 0. The third-order valence-electron chi connectivity index (χ3n) is 4.92. The number of non-ortho nitro benzene ring substituents is 1. The number of carbonyl (C=O) groups is 4. The number of esters is 1. The van der Waals surface area contributed by atoms with Gasteiger partial charge in [-0.3, -0.25) is 24.5 Å². The molecule has 164 valence electrons. The lowest BCUT2D eigenvalue weighted by molar-refractivity contribution is -0.384. The van der Waals surface area contributed by atoms with Crippen LogP contribution in [0.4, 0.5) is 15.8 Å². The van der Waals surface area contributed by atoms with Gasteiger partial charge in [-0.1, -0.05) is 6.07 Å². The van der Waals surface area contributed by atoms with Crippen molar-refractivity contribution in [2.75, 3.05) is 11.5 Å². The summed E-state index contributed by atoms with van der Waals surface area (Å²) < 4.78 is 17.9. The van der Waals surface area contributed by atoms with Crippen molar-refractivity contribution in [2.45, 2.75) is 0 Å². The Morgan fingerprint density at radius 1 is 0.909 bits per heavy atom. The summed E-state index contributed by atoms with van der Waals surface area (Å²) in [5.41, 5.74) is -0.242. The van der Waals surface area contributed by atoms with E-state index in [1.807, 2.05) is 0 Å². The van der Waals surface area contributed by atoms with Crippen LogP contribution in [0.5, 0.6) is 0 Å². The van der Waals surface area contributed by atoms with Gasteiger partial charge in [0.25, 0.3) is 17.5 Å². The zero-order chi connectivity index (χ0) is 23.7. The van der Waals surface area contributed by atoms with Gasteiger partial charge in [-0.15, -0.1) is 0 Å². The largest absolute Gasteiger partial charge is 0.454 e. The molecular weight excluding hydrogens is 435 g/mol. The van der Waals surface area contributed by atoms with E-state index >= 15 is 0 Å². The first-order valence-electron chi connectivity index (χ1n) is 9.49. The lowest BCUT2D eigenvalue weighted by atomic mass is 10.1. The molecule has 0 fully saturated rings. The van der Waals surface area contributed by atoms with Crippen molar-refractivity contribution in [1.82, 2.24) is 0 Å². The molecule has 0 saturated carbocycles. The second-order valence-electron chi connectivity index (χ2n) is 6.99. The van der Waals surface area contributed by atoms with Gasteiger partial charge in [0.2, 0.25) is 0 Å². The molecule has 1 aliphatic rings. The number of anilines is 1. The maximum absolute atomic E-state index is 13.0. The molecule has 0 spiro atoms. The first kappa shape index (κ1) is 21.5. The smallest absolute Gasteiger partial charge is 0.338 e. The fourth-order valence-electron chi connectivity index (χ4n) is 3.28. The Morgan fingerprint density at radius 3 is 2.27 bits per heavy atom. The molecule has 0 bridgehead atoms. The molecule has 33 heavy (non-hydrogen) atoms. The van der Waals surface area contributed by atoms with E-state index in [0.29, 0.717) is 0 Å². The Morgan fingerprint density at radius 2 is 1.58 bits per heavy atom. The van der Waals surface area contributed by atoms with Crippen molar-refractivity contribution < 1.29 is 33.2 Å². The number of halogens is 1. The van der Waals surface area contributed by atoms with Gasteiger partial charge in [-0.2, -0.15) is 0 Å². The Kier molecular flexibility index (Phi) is 5.49. The van der Waals surface area contributed by atoms with Gasteiger partial charge < -0.3 is 4.74 Å². The number of Topliss-reactive ketones (excluding diaryl/α,β-unsaturated/α-hetero) is 1. The Bertz CT molecular complexity index is 1330. The molecular formula is C23H13FN2O7. The number of ketones is 1. The highest BCUT2D eigenvalue weighted by atomic mass is 19.1. The van der Waals surface area contributed by atoms with Crippen LogP contribution in [0.1, 0.15) is 41.4 Å². The normalized spacial score (nSPS) is 12.5. The summed E-state index contributed by atoms with van der Waals surface area (Å²) in [7, 11) is 0. The van der Waals surface area contributed by atoms with Crippen LogP contribution in [0.2, 0.25) is 0 Å². The van der Waals surface area contributed by atoms with Gasteiger partial charge in [-0.25, -0.2) is 14.1 Å². The van der Waals surface area contributed by atoms with Crippen LogP contribution in [-0.2, 0) is 4.74 Å². The number of imide groups is 1. The number of nitro benzene ring substituents is 1. The number of hydrogen-bond acceptors (Lipinski definition) is 7. The quantitative estimate of drug-likeness (QED) is 0.186. The maximum atomic E-state index is 13.0. The van der Waals surface area contributed by atoms with Gasteiger partial charge in [0.15, 0.2) is 12.4 Å². The van der Waals surface area contributed by atoms with E-state index in [4.69, 9.17) is 4.74 Å². The van der Waals surface area contributed by atoms with Gasteiger partial charge in [-0.05, 0) is 48.5 Å². The van der Waals surface area contributed by atoms with E-state index in [-0.39, 0.29) is 33.6 Å². The molecule has 3 aromatic carbocycles. The summed E-state index contributed by atoms with van der Waals surface area (Å²) in [6.07, 6.45) is 0. The monoisotopic (exact) mass is 448 g/mol. The van der Waals surface area contributed by atoms with E-state index in [0.717, 1.165) is 29.2 Å². The summed E-state index contributed by atoms with van der Waals surface area (Å²) in [5.74, 6) is -3.41. The summed E-state index contributed by atoms with van der Waals surface area (Å²) in [6.45, 7) is -0.603. The molecule has 2 amide bonds. The van der Waals surface area contributed by atoms with Crippen LogP contribution >= 0.6 is 0 Å². The second kappa shape index (κ2) is 8.42. The molecule has 1 aliphatic heterocycles. The second-order valence-corrected chi connectivity index (χ2v) is 6.99. The SMILES string of the molecule is O=C(COC(=O)c1ccc2c(c1)C(=O)N(c1cccc([N+](=O)[O-])c1)C2=O)c1ccc(F)cc1. The van der Waals surface area contributed by atoms with E-state index in [1.54, 1.807) is 0 Å².